The van der Waals surface area contributed by atoms with Crippen molar-refractivity contribution in [2.75, 3.05) is 0 Å². The van der Waals surface area contributed by atoms with Crippen molar-refractivity contribution >= 4 is 17.0 Å². The highest BCUT2D eigenvalue weighted by atomic mass is 19.1. The van der Waals surface area contributed by atoms with Crippen LogP contribution < -0.4 is 0 Å². The van der Waals surface area contributed by atoms with Crippen LogP contribution in [-0.2, 0) is 11.2 Å². The predicted octanol–water partition coefficient (Wildman–Crippen LogP) is 1.59. The van der Waals surface area contributed by atoms with E-state index in [4.69, 9.17) is 5.11 Å². The van der Waals surface area contributed by atoms with Gasteiger partial charge in [0.05, 0.1) is 16.7 Å². The van der Waals surface area contributed by atoms with Gasteiger partial charge in [0.25, 0.3) is 0 Å². The number of carboxylic acids is 1. The molecule has 0 radical (unpaired) electrons. The first-order valence-corrected chi connectivity index (χ1v) is 4.74. The Labute approximate surface area is 90.8 Å². The van der Waals surface area contributed by atoms with Gasteiger partial charge in [-0.25, -0.2) is 14.2 Å². The number of fused-ring (bicyclic) bond motifs is 1. The van der Waals surface area contributed by atoms with Crippen LogP contribution >= 0.6 is 0 Å². The normalized spacial score (nSPS) is 12.6. The van der Waals surface area contributed by atoms with E-state index in [0.717, 1.165) is 0 Å². The van der Waals surface area contributed by atoms with Gasteiger partial charge in [0.15, 0.2) is 0 Å². The number of alkyl halides is 1. The molecule has 0 saturated heterocycles. The second kappa shape index (κ2) is 4.22. The fourth-order valence-electron chi connectivity index (χ4n) is 1.36. The third-order valence-electron chi connectivity index (χ3n) is 2.15. The lowest BCUT2D eigenvalue weighted by Gasteiger charge is -2.03. The van der Waals surface area contributed by atoms with E-state index in [1.807, 2.05) is 6.07 Å². The van der Waals surface area contributed by atoms with Gasteiger partial charge >= 0.3 is 5.97 Å². The van der Waals surface area contributed by atoms with Gasteiger partial charge < -0.3 is 5.11 Å². The Morgan fingerprint density at radius 1 is 1.38 bits per heavy atom. The number of para-hydroxylation sites is 2. The zero-order chi connectivity index (χ0) is 11.5. The third kappa shape index (κ3) is 2.13. The standard InChI is InChI=1S/C11H9FN2O2/c12-8(11(15)16)5-7-6-13-9-3-1-2-4-10(9)14-7/h1-4,6,8H,5H2,(H,15,16). The number of benzene rings is 1. The summed E-state index contributed by atoms with van der Waals surface area (Å²) in [6.45, 7) is 0. The zero-order valence-electron chi connectivity index (χ0n) is 8.30. The van der Waals surface area contributed by atoms with Crippen molar-refractivity contribution in [3.63, 3.8) is 0 Å². The summed E-state index contributed by atoms with van der Waals surface area (Å²) in [5.41, 5.74) is 1.68. The average Bonchev–Trinajstić information content (AvgIpc) is 2.28. The molecule has 0 amide bonds. The van der Waals surface area contributed by atoms with Crippen molar-refractivity contribution in [3.05, 3.63) is 36.2 Å². The van der Waals surface area contributed by atoms with Gasteiger partial charge in [0, 0.05) is 12.6 Å². The van der Waals surface area contributed by atoms with Gasteiger partial charge in [0.1, 0.15) is 0 Å². The van der Waals surface area contributed by atoms with E-state index in [1.54, 1.807) is 18.2 Å². The molecule has 0 fully saturated rings. The van der Waals surface area contributed by atoms with E-state index >= 15 is 0 Å². The maximum absolute atomic E-state index is 12.9. The van der Waals surface area contributed by atoms with Crippen LogP contribution in [0, 0.1) is 0 Å². The number of carbonyl (C=O) groups is 1. The van der Waals surface area contributed by atoms with Gasteiger partial charge in [-0.05, 0) is 12.1 Å². The van der Waals surface area contributed by atoms with Crippen molar-refractivity contribution < 1.29 is 14.3 Å². The van der Waals surface area contributed by atoms with E-state index in [-0.39, 0.29) is 6.42 Å². The van der Waals surface area contributed by atoms with Crippen LogP contribution in [0.3, 0.4) is 0 Å². The Bertz CT molecular complexity index is 530. The quantitative estimate of drug-likeness (QED) is 0.853. The number of hydrogen-bond donors (Lipinski definition) is 1. The molecule has 0 aliphatic rings. The van der Waals surface area contributed by atoms with Crippen LogP contribution in [0.1, 0.15) is 5.69 Å². The van der Waals surface area contributed by atoms with E-state index in [2.05, 4.69) is 9.97 Å². The lowest BCUT2D eigenvalue weighted by molar-refractivity contribution is -0.142. The van der Waals surface area contributed by atoms with Crippen molar-refractivity contribution in [1.82, 2.24) is 9.97 Å². The molecule has 82 valence electrons. The highest BCUT2D eigenvalue weighted by Crippen LogP contribution is 2.10. The van der Waals surface area contributed by atoms with Crippen LogP contribution in [-0.4, -0.2) is 27.2 Å². The Balaban J connectivity index is 2.29. The number of hydrogen-bond acceptors (Lipinski definition) is 3. The van der Waals surface area contributed by atoms with Crippen LogP contribution in [0.5, 0.6) is 0 Å². The van der Waals surface area contributed by atoms with E-state index in [0.29, 0.717) is 16.7 Å². The molecule has 0 spiro atoms. The van der Waals surface area contributed by atoms with Crippen molar-refractivity contribution in [2.24, 2.45) is 0 Å². The van der Waals surface area contributed by atoms with Crippen LogP contribution in [0.4, 0.5) is 4.39 Å². The molecule has 0 aliphatic carbocycles. The summed E-state index contributed by atoms with van der Waals surface area (Å²) in [6, 6.07) is 7.16. The summed E-state index contributed by atoms with van der Waals surface area (Å²) in [6.07, 6.45) is -0.791. The first kappa shape index (κ1) is 10.5. The van der Waals surface area contributed by atoms with Crippen LogP contribution in [0.2, 0.25) is 0 Å². The topological polar surface area (TPSA) is 63.1 Å². The SMILES string of the molecule is O=C(O)C(F)Cc1cnc2ccccc2n1. The van der Waals surface area contributed by atoms with Crippen molar-refractivity contribution in [2.45, 2.75) is 12.6 Å². The molecule has 1 N–H and O–H groups in total. The summed E-state index contributed by atoms with van der Waals surface area (Å²) in [4.78, 5) is 18.5. The molecule has 0 bridgehead atoms. The molecule has 1 heterocycles. The number of aliphatic carboxylic acids is 1. The summed E-state index contributed by atoms with van der Waals surface area (Å²) >= 11 is 0. The second-order valence-corrected chi connectivity index (χ2v) is 3.36. The number of halogens is 1. The number of rotatable bonds is 3. The maximum atomic E-state index is 12.9. The lowest BCUT2D eigenvalue weighted by atomic mass is 10.2. The minimum atomic E-state index is -1.93. The van der Waals surface area contributed by atoms with E-state index in [1.165, 1.54) is 6.20 Å². The molecule has 4 nitrogen and oxygen atoms in total. The summed E-state index contributed by atoms with van der Waals surface area (Å²) in [5, 5.41) is 8.43. The summed E-state index contributed by atoms with van der Waals surface area (Å²) < 4.78 is 12.9. The molecular formula is C11H9FN2O2. The van der Waals surface area contributed by atoms with Gasteiger partial charge in [-0.2, -0.15) is 0 Å². The fraction of sp³-hybridized carbons (Fsp3) is 0.182. The molecule has 16 heavy (non-hydrogen) atoms. The largest absolute Gasteiger partial charge is 0.479 e. The Morgan fingerprint density at radius 3 is 2.75 bits per heavy atom. The highest BCUT2D eigenvalue weighted by molar-refractivity contribution is 5.74. The molecule has 2 aromatic rings. The fourth-order valence-corrected chi connectivity index (χ4v) is 1.36. The molecule has 2 rings (SSSR count). The number of aromatic nitrogens is 2. The van der Waals surface area contributed by atoms with Gasteiger partial charge in [0.2, 0.25) is 6.17 Å². The Hall–Kier alpha value is -2.04. The lowest BCUT2D eigenvalue weighted by Crippen LogP contribution is -2.17. The minimum absolute atomic E-state index is 0.257. The Morgan fingerprint density at radius 2 is 2.06 bits per heavy atom. The van der Waals surface area contributed by atoms with Gasteiger partial charge in [-0.3, -0.25) is 4.98 Å². The molecule has 1 unspecified atom stereocenters. The van der Waals surface area contributed by atoms with Crippen molar-refractivity contribution in [3.8, 4) is 0 Å². The summed E-state index contributed by atoms with van der Waals surface area (Å²) in [7, 11) is 0. The molecule has 0 aliphatic heterocycles. The highest BCUT2D eigenvalue weighted by Gasteiger charge is 2.17. The van der Waals surface area contributed by atoms with E-state index in [9.17, 15) is 9.18 Å². The monoisotopic (exact) mass is 220 g/mol. The third-order valence-corrected chi connectivity index (χ3v) is 2.15. The molecule has 1 aromatic carbocycles. The van der Waals surface area contributed by atoms with Gasteiger partial charge in [-0.15, -0.1) is 0 Å². The summed E-state index contributed by atoms with van der Waals surface area (Å²) in [5.74, 6) is -1.48. The average molecular weight is 220 g/mol. The molecule has 5 heteroatoms. The minimum Gasteiger partial charge on any atom is -0.479 e. The first-order valence-electron chi connectivity index (χ1n) is 4.74. The predicted molar refractivity (Wildman–Crippen MR) is 55.8 cm³/mol. The molecule has 1 atom stereocenters. The van der Waals surface area contributed by atoms with Crippen LogP contribution in [0.25, 0.3) is 11.0 Å². The smallest absolute Gasteiger partial charge is 0.338 e. The van der Waals surface area contributed by atoms with Crippen LogP contribution in [0.15, 0.2) is 30.5 Å². The second-order valence-electron chi connectivity index (χ2n) is 3.36. The number of carboxylic acid groups (broad SMARTS) is 1. The van der Waals surface area contributed by atoms with Gasteiger partial charge in [-0.1, -0.05) is 12.1 Å². The molecular weight excluding hydrogens is 211 g/mol. The maximum Gasteiger partial charge on any atom is 0.338 e. The van der Waals surface area contributed by atoms with Crippen molar-refractivity contribution in [1.29, 1.82) is 0 Å². The molecule has 1 aromatic heterocycles. The zero-order valence-corrected chi connectivity index (χ0v) is 8.30. The first-order chi connectivity index (χ1) is 7.66. The van der Waals surface area contributed by atoms with E-state index < -0.39 is 12.1 Å². The Kier molecular flexibility index (Phi) is 2.76. The number of nitrogens with zero attached hydrogens (tertiary/aromatic N) is 2. The molecule has 0 saturated carbocycles.